The molecule has 0 aliphatic heterocycles. The topological polar surface area (TPSA) is 54.7 Å². The molecule has 2 rings (SSSR count). The summed E-state index contributed by atoms with van der Waals surface area (Å²) in [5.41, 5.74) is 5.69. The highest BCUT2D eigenvalue weighted by Crippen LogP contribution is 2.30. The second-order valence-electron chi connectivity index (χ2n) is 3.16. The molecule has 0 aliphatic carbocycles. The zero-order valence-electron chi connectivity index (χ0n) is 7.60. The molecule has 0 unspecified atom stereocenters. The van der Waals surface area contributed by atoms with Gasteiger partial charge in [0.05, 0.1) is 5.56 Å². The maximum absolute atomic E-state index is 12.3. The molecule has 0 atom stereocenters. The maximum Gasteiger partial charge on any atom is 0.417 e. The van der Waals surface area contributed by atoms with Gasteiger partial charge in [-0.3, -0.25) is 0 Å². The van der Waals surface area contributed by atoms with Gasteiger partial charge in [-0.25, -0.2) is 4.98 Å². The average molecular weight is 215 g/mol. The van der Waals surface area contributed by atoms with Crippen LogP contribution in [0, 0.1) is 0 Å². The lowest BCUT2D eigenvalue weighted by Crippen LogP contribution is -2.04. The van der Waals surface area contributed by atoms with E-state index in [0.29, 0.717) is 16.7 Å². The molecule has 0 amide bonds. The number of aromatic nitrogens is 2. The summed E-state index contributed by atoms with van der Waals surface area (Å²) in [6.45, 7) is 0.248. The zero-order chi connectivity index (χ0) is 11.1. The Morgan fingerprint density at radius 1 is 1.33 bits per heavy atom. The van der Waals surface area contributed by atoms with Gasteiger partial charge in [-0.15, -0.1) is 0 Å². The minimum absolute atomic E-state index is 0.248. The quantitative estimate of drug-likeness (QED) is 0.764. The average Bonchev–Trinajstić information content (AvgIpc) is 2.57. The van der Waals surface area contributed by atoms with Crippen molar-refractivity contribution in [1.29, 1.82) is 0 Å². The summed E-state index contributed by atoms with van der Waals surface area (Å²) in [6.07, 6.45) is -3.56. The van der Waals surface area contributed by atoms with Crippen molar-refractivity contribution in [1.82, 2.24) is 9.97 Å². The Labute approximate surface area is 83.1 Å². The fraction of sp³-hybridized carbons (Fsp3) is 0.222. The number of fused-ring (bicyclic) bond motifs is 1. The normalized spacial score (nSPS) is 12.3. The largest absolute Gasteiger partial charge is 0.417 e. The minimum atomic E-state index is -4.36. The molecule has 2 aromatic heterocycles. The van der Waals surface area contributed by atoms with E-state index in [-0.39, 0.29) is 6.54 Å². The molecule has 0 spiro atoms. The Balaban J connectivity index is 2.55. The second kappa shape index (κ2) is 3.23. The van der Waals surface area contributed by atoms with Gasteiger partial charge in [-0.05, 0) is 12.1 Å². The van der Waals surface area contributed by atoms with Crippen molar-refractivity contribution in [2.45, 2.75) is 12.7 Å². The number of hydrogen-bond acceptors (Lipinski definition) is 2. The number of rotatable bonds is 1. The fourth-order valence-electron chi connectivity index (χ4n) is 1.34. The first-order chi connectivity index (χ1) is 7.00. The Morgan fingerprint density at radius 3 is 2.67 bits per heavy atom. The number of aromatic amines is 1. The highest BCUT2D eigenvalue weighted by Gasteiger charge is 2.31. The molecule has 0 fully saturated rings. The molecule has 3 nitrogen and oxygen atoms in total. The van der Waals surface area contributed by atoms with E-state index in [0.717, 1.165) is 12.3 Å². The summed E-state index contributed by atoms with van der Waals surface area (Å²) < 4.78 is 37.0. The molecule has 0 aliphatic rings. The number of pyridine rings is 1. The van der Waals surface area contributed by atoms with Crippen molar-refractivity contribution in [3.05, 3.63) is 29.6 Å². The van der Waals surface area contributed by atoms with Crippen molar-refractivity contribution in [3.8, 4) is 0 Å². The minimum Gasteiger partial charge on any atom is -0.342 e. The highest BCUT2D eigenvalue weighted by atomic mass is 19.4. The van der Waals surface area contributed by atoms with Gasteiger partial charge in [0, 0.05) is 23.8 Å². The number of alkyl halides is 3. The molecule has 3 N–H and O–H groups in total. The van der Waals surface area contributed by atoms with Crippen LogP contribution in [0.25, 0.3) is 11.0 Å². The summed E-state index contributed by atoms with van der Waals surface area (Å²) in [5, 5.41) is 0.422. The number of nitrogens with one attached hydrogen (secondary N) is 1. The standard InChI is InChI=1S/C9H8F3N3/c10-9(11,12)6-1-5-2-7(3-13)15-8(5)14-4-6/h1-2,4H,3,13H2,(H,14,15). The van der Waals surface area contributed by atoms with Gasteiger partial charge in [0.1, 0.15) is 5.65 Å². The van der Waals surface area contributed by atoms with Crippen LogP contribution in [0.3, 0.4) is 0 Å². The molecule has 80 valence electrons. The van der Waals surface area contributed by atoms with E-state index >= 15 is 0 Å². The smallest absolute Gasteiger partial charge is 0.342 e. The van der Waals surface area contributed by atoms with E-state index in [1.165, 1.54) is 0 Å². The second-order valence-corrected chi connectivity index (χ2v) is 3.16. The lowest BCUT2D eigenvalue weighted by atomic mass is 10.2. The Morgan fingerprint density at radius 2 is 2.07 bits per heavy atom. The molecule has 0 aromatic carbocycles. The molecule has 15 heavy (non-hydrogen) atoms. The monoisotopic (exact) mass is 215 g/mol. The lowest BCUT2D eigenvalue weighted by molar-refractivity contribution is -0.137. The Bertz CT molecular complexity index is 487. The number of H-pyrrole nitrogens is 1. The summed E-state index contributed by atoms with van der Waals surface area (Å²) in [4.78, 5) is 6.51. The molecule has 6 heteroatoms. The van der Waals surface area contributed by atoms with Crippen LogP contribution >= 0.6 is 0 Å². The zero-order valence-corrected chi connectivity index (χ0v) is 7.60. The summed E-state index contributed by atoms with van der Waals surface area (Å²) in [6, 6.07) is 2.62. The number of hydrogen-bond donors (Lipinski definition) is 2. The van der Waals surface area contributed by atoms with Crippen molar-refractivity contribution >= 4 is 11.0 Å². The van der Waals surface area contributed by atoms with E-state index in [1.54, 1.807) is 6.07 Å². The van der Waals surface area contributed by atoms with Crippen LogP contribution in [0.5, 0.6) is 0 Å². The molecule has 0 saturated heterocycles. The Kier molecular flexibility index (Phi) is 2.15. The summed E-state index contributed by atoms with van der Waals surface area (Å²) in [7, 11) is 0. The predicted molar refractivity (Wildman–Crippen MR) is 49.0 cm³/mol. The van der Waals surface area contributed by atoms with Crippen molar-refractivity contribution in [2.75, 3.05) is 0 Å². The van der Waals surface area contributed by atoms with Crippen LogP contribution in [0.4, 0.5) is 13.2 Å². The third kappa shape index (κ3) is 1.80. The van der Waals surface area contributed by atoms with E-state index in [9.17, 15) is 13.2 Å². The van der Waals surface area contributed by atoms with Crippen molar-refractivity contribution < 1.29 is 13.2 Å². The van der Waals surface area contributed by atoms with Crippen LogP contribution in [-0.2, 0) is 12.7 Å². The van der Waals surface area contributed by atoms with E-state index in [1.807, 2.05) is 0 Å². The SMILES string of the molecule is NCc1cc2cc(C(F)(F)F)cnc2[nH]1. The first-order valence-electron chi connectivity index (χ1n) is 4.25. The third-order valence-electron chi connectivity index (χ3n) is 2.07. The molecule has 0 radical (unpaired) electrons. The van der Waals surface area contributed by atoms with Gasteiger partial charge in [-0.1, -0.05) is 0 Å². The fourth-order valence-corrected chi connectivity index (χ4v) is 1.34. The number of nitrogens with zero attached hydrogens (tertiary/aromatic N) is 1. The summed E-state index contributed by atoms with van der Waals surface area (Å²) in [5.74, 6) is 0. The Hall–Kier alpha value is -1.56. The first-order valence-corrected chi connectivity index (χ1v) is 4.25. The van der Waals surface area contributed by atoms with Crippen molar-refractivity contribution in [2.24, 2.45) is 5.73 Å². The molecular formula is C9H8F3N3. The van der Waals surface area contributed by atoms with Gasteiger partial charge in [0.25, 0.3) is 0 Å². The van der Waals surface area contributed by atoms with E-state index in [2.05, 4.69) is 9.97 Å². The van der Waals surface area contributed by atoms with E-state index < -0.39 is 11.7 Å². The van der Waals surface area contributed by atoms with Gasteiger partial charge in [0.2, 0.25) is 0 Å². The van der Waals surface area contributed by atoms with Crippen LogP contribution in [0.15, 0.2) is 18.3 Å². The van der Waals surface area contributed by atoms with Gasteiger partial charge in [-0.2, -0.15) is 13.2 Å². The maximum atomic E-state index is 12.3. The van der Waals surface area contributed by atoms with Crippen LogP contribution in [0.2, 0.25) is 0 Å². The lowest BCUT2D eigenvalue weighted by Gasteiger charge is -2.04. The molecule has 2 aromatic rings. The molecule has 0 saturated carbocycles. The highest BCUT2D eigenvalue weighted by molar-refractivity contribution is 5.77. The van der Waals surface area contributed by atoms with E-state index in [4.69, 9.17) is 5.73 Å². The van der Waals surface area contributed by atoms with Crippen LogP contribution in [-0.4, -0.2) is 9.97 Å². The summed E-state index contributed by atoms with van der Waals surface area (Å²) >= 11 is 0. The van der Waals surface area contributed by atoms with Gasteiger partial charge in [0.15, 0.2) is 0 Å². The third-order valence-corrected chi connectivity index (χ3v) is 2.07. The van der Waals surface area contributed by atoms with Crippen molar-refractivity contribution in [3.63, 3.8) is 0 Å². The molecule has 0 bridgehead atoms. The predicted octanol–water partition coefficient (Wildman–Crippen LogP) is 2.04. The van der Waals surface area contributed by atoms with Gasteiger partial charge < -0.3 is 10.7 Å². The molecular weight excluding hydrogens is 207 g/mol. The molecule has 2 heterocycles. The van der Waals surface area contributed by atoms with Gasteiger partial charge >= 0.3 is 6.18 Å². The van der Waals surface area contributed by atoms with Crippen LogP contribution in [0.1, 0.15) is 11.3 Å². The number of halogens is 3. The first kappa shape index (κ1) is 9.97. The van der Waals surface area contributed by atoms with Crippen LogP contribution < -0.4 is 5.73 Å². The number of nitrogens with two attached hydrogens (primary N) is 1.